The zero-order chi connectivity index (χ0) is 12.9. The van der Waals surface area contributed by atoms with Crippen LogP contribution in [0.25, 0.3) is 0 Å². The van der Waals surface area contributed by atoms with Crippen molar-refractivity contribution >= 4 is 5.69 Å². The highest BCUT2D eigenvalue weighted by atomic mass is 19.4. The van der Waals surface area contributed by atoms with Gasteiger partial charge >= 0.3 is 6.18 Å². The molecule has 7 heteroatoms. The minimum atomic E-state index is -4.20. The molecule has 0 unspecified atom stereocenters. The predicted molar refractivity (Wildman–Crippen MR) is 54.1 cm³/mol. The molecule has 92 valence electrons. The van der Waals surface area contributed by atoms with Crippen molar-refractivity contribution in [3.8, 4) is 11.9 Å². The van der Waals surface area contributed by atoms with Crippen LogP contribution in [0.4, 0.5) is 18.9 Å². The molecule has 0 aromatic carbocycles. The quantitative estimate of drug-likeness (QED) is 0.826. The van der Waals surface area contributed by atoms with Crippen LogP contribution >= 0.6 is 0 Å². The number of alkyl halides is 3. The first-order valence-corrected chi connectivity index (χ1v) is 4.77. The van der Waals surface area contributed by atoms with E-state index in [1.165, 1.54) is 12.3 Å². The Morgan fingerprint density at radius 2 is 2.18 bits per heavy atom. The zero-order valence-corrected chi connectivity index (χ0v) is 8.79. The van der Waals surface area contributed by atoms with E-state index in [-0.39, 0.29) is 24.5 Å². The van der Waals surface area contributed by atoms with E-state index < -0.39 is 12.6 Å². The molecular formula is C10H10F3N3O. The molecule has 0 spiro atoms. The first kappa shape index (κ1) is 13.1. The Balaban J connectivity index is 2.50. The second-order valence-corrected chi connectivity index (χ2v) is 3.30. The standard InChI is InChI=1S/C10H10F3N3O/c11-10(12,13)2-1-3-17-9-7(5-14)4-8(15)6-16-9/h4,6H,1-3,15H2. The SMILES string of the molecule is N#Cc1cc(N)cnc1OCCCC(F)(F)F. The molecule has 2 N–H and O–H groups in total. The summed E-state index contributed by atoms with van der Waals surface area (Å²) in [5.74, 6) is 0.00359. The maximum atomic E-state index is 11.8. The van der Waals surface area contributed by atoms with Crippen molar-refractivity contribution in [1.29, 1.82) is 5.26 Å². The third-order valence-corrected chi connectivity index (χ3v) is 1.84. The van der Waals surface area contributed by atoms with E-state index in [1.807, 2.05) is 0 Å². The molecule has 0 bridgehead atoms. The molecular weight excluding hydrogens is 235 g/mol. The van der Waals surface area contributed by atoms with Gasteiger partial charge in [0.2, 0.25) is 5.88 Å². The van der Waals surface area contributed by atoms with Crippen molar-refractivity contribution in [1.82, 2.24) is 4.98 Å². The first-order chi connectivity index (χ1) is 7.92. The number of aromatic nitrogens is 1. The summed E-state index contributed by atoms with van der Waals surface area (Å²) in [5, 5.41) is 8.72. The van der Waals surface area contributed by atoms with Gasteiger partial charge in [0, 0.05) is 6.42 Å². The lowest BCUT2D eigenvalue weighted by Gasteiger charge is -2.08. The predicted octanol–water partition coefficient (Wildman–Crippen LogP) is 2.26. The van der Waals surface area contributed by atoms with Crippen molar-refractivity contribution in [3.05, 3.63) is 17.8 Å². The topological polar surface area (TPSA) is 71.9 Å². The normalized spacial score (nSPS) is 10.9. The van der Waals surface area contributed by atoms with E-state index in [1.54, 1.807) is 6.07 Å². The van der Waals surface area contributed by atoms with Gasteiger partial charge in [-0.3, -0.25) is 0 Å². The Morgan fingerprint density at radius 3 is 2.76 bits per heavy atom. The van der Waals surface area contributed by atoms with Gasteiger partial charge in [0.15, 0.2) is 0 Å². The number of pyridine rings is 1. The molecule has 0 atom stereocenters. The molecule has 1 rings (SSSR count). The molecule has 17 heavy (non-hydrogen) atoms. The summed E-state index contributed by atoms with van der Waals surface area (Å²) in [7, 11) is 0. The summed E-state index contributed by atoms with van der Waals surface area (Å²) in [5.41, 5.74) is 5.80. The summed E-state index contributed by atoms with van der Waals surface area (Å²) in [6, 6.07) is 3.16. The van der Waals surface area contributed by atoms with Crippen LogP contribution in [0.5, 0.6) is 5.88 Å². The monoisotopic (exact) mass is 245 g/mol. The Hall–Kier alpha value is -1.97. The third-order valence-electron chi connectivity index (χ3n) is 1.84. The highest BCUT2D eigenvalue weighted by Crippen LogP contribution is 2.22. The van der Waals surface area contributed by atoms with Gasteiger partial charge in [0.25, 0.3) is 0 Å². The van der Waals surface area contributed by atoms with Crippen molar-refractivity contribution in [2.24, 2.45) is 0 Å². The molecule has 4 nitrogen and oxygen atoms in total. The van der Waals surface area contributed by atoms with Gasteiger partial charge in [0.1, 0.15) is 11.6 Å². The van der Waals surface area contributed by atoms with E-state index in [0.717, 1.165) is 0 Å². The van der Waals surface area contributed by atoms with Gasteiger partial charge in [-0.15, -0.1) is 0 Å². The molecule has 1 aromatic heterocycles. The highest BCUT2D eigenvalue weighted by Gasteiger charge is 2.26. The number of nitrogens with two attached hydrogens (primary N) is 1. The van der Waals surface area contributed by atoms with Gasteiger partial charge in [-0.2, -0.15) is 18.4 Å². The molecule has 0 saturated carbocycles. The van der Waals surface area contributed by atoms with Crippen LogP contribution in [-0.4, -0.2) is 17.8 Å². The fourth-order valence-electron chi connectivity index (χ4n) is 1.10. The molecule has 0 saturated heterocycles. The largest absolute Gasteiger partial charge is 0.477 e. The van der Waals surface area contributed by atoms with Crippen LogP contribution in [0.15, 0.2) is 12.3 Å². The summed E-state index contributed by atoms with van der Waals surface area (Å²) >= 11 is 0. The number of halogens is 3. The molecule has 1 aromatic rings. The van der Waals surface area contributed by atoms with Crippen LogP contribution in [0.2, 0.25) is 0 Å². The van der Waals surface area contributed by atoms with Crippen molar-refractivity contribution in [2.75, 3.05) is 12.3 Å². The van der Waals surface area contributed by atoms with Crippen molar-refractivity contribution < 1.29 is 17.9 Å². The average molecular weight is 245 g/mol. The number of rotatable bonds is 4. The fourth-order valence-corrected chi connectivity index (χ4v) is 1.10. The number of nitrogens with zero attached hydrogens (tertiary/aromatic N) is 2. The zero-order valence-electron chi connectivity index (χ0n) is 8.79. The lowest BCUT2D eigenvalue weighted by atomic mass is 10.3. The number of hydrogen-bond acceptors (Lipinski definition) is 4. The number of hydrogen-bond donors (Lipinski definition) is 1. The van der Waals surface area contributed by atoms with Crippen molar-refractivity contribution in [2.45, 2.75) is 19.0 Å². The lowest BCUT2D eigenvalue weighted by molar-refractivity contribution is -0.136. The van der Waals surface area contributed by atoms with Crippen LogP contribution in [0.1, 0.15) is 18.4 Å². The van der Waals surface area contributed by atoms with Gasteiger partial charge in [-0.25, -0.2) is 4.98 Å². The Bertz CT molecular complexity index is 426. The average Bonchev–Trinajstić information content (AvgIpc) is 2.24. The number of ether oxygens (including phenoxy) is 1. The molecule has 0 amide bonds. The van der Waals surface area contributed by atoms with Gasteiger partial charge in [-0.1, -0.05) is 0 Å². The number of nitrogen functional groups attached to an aromatic ring is 1. The second-order valence-electron chi connectivity index (χ2n) is 3.30. The lowest BCUT2D eigenvalue weighted by Crippen LogP contribution is -2.10. The second kappa shape index (κ2) is 5.39. The van der Waals surface area contributed by atoms with Gasteiger partial charge in [-0.05, 0) is 12.5 Å². The molecule has 0 aliphatic carbocycles. The summed E-state index contributed by atoms with van der Waals surface area (Å²) in [4.78, 5) is 3.73. The van der Waals surface area contributed by atoms with E-state index in [2.05, 4.69) is 4.98 Å². The highest BCUT2D eigenvalue weighted by molar-refractivity contribution is 5.48. The Kier molecular flexibility index (Phi) is 4.15. The first-order valence-electron chi connectivity index (χ1n) is 4.77. The van der Waals surface area contributed by atoms with Gasteiger partial charge < -0.3 is 10.5 Å². The molecule has 0 aliphatic heterocycles. The van der Waals surface area contributed by atoms with Gasteiger partial charge in [0.05, 0.1) is 18.5 Å². The van der Waals surface area contributed by atoms with Crippen LogP contribution in [0, 0.1) is 11.3 Å². The maximum absolute atomic E-state index is 11.8. The van der Waals surface area contributed by atoms with E-state index >= 15 is 0 Å². The minimum absolute atomic E-state index is 0.00359. The number of nitriles is 1. The fraction of sp³-hybridized carbons (Fsp3) is 0.400. The molecule has 0 fully saturated rings. The third kappa shape index (κ3) is 4.59. The van der Waals surface area contributed by atoms with E-state index in [9.17, 15) is 13.2 Å². The smallest absolute Gasteiger partial charge is 0.389 e. The summed E-state index contributed by atoms with van der Waals surface area (Å²) in [6.07, 6.45) is -4.03. The van der Waals surface area contributed by atoms with E-state index in [0.29, 0.717) is 5.69 Å². The van der Waals surface area contributed by atoms with Crippen LogP contribution < -0.4 is 10.5 Å². The van der Waals surface area contributed by atoms with Crippen LogP contribution in [0.3, 0.4) is 0 Å². The summed E-state index contributed by atoms with van der Waals surface area (Å²) < 4.78 is 40.5. The minimum Gasteiger partial charge on any atom is -0.477 e. The molecule has 0 radical (unpaired) electrons. The number of anilines is 1. The van der Waals surface area contributed by atoms with E-state index in [4.69, 9.17) is 15.7 Å². The molecule has 0 aliphatic rings. The maximum Gasteiger partial charge on any atom is 0.389 e. The Morgan fingerprint density at radius 1 is 1.47 bits per heavy atom. The van der Waals surface area contributed by atoms with Crippen molar-refractivity contribution in [3.63, 3.8) is 0 Å². The Labute approximate surface area is 95.8 Å². The van der Waals surface area contributed by atoms with Crippen LogP contribution in [-0.2, 0) is 0 Å². The molecule has 1 heterocycles. The summed E-state index contributed by atoms with van der Waals surface area (Å²) in [6.45, 7) is -0.148.